The molecule has 0 aliphatic carbocycles. The molecule has 0 bridgehead atoms. The number of aromatic nitrogens is 3. The van der Waals surface area contributed by atoms with Crippen LogP contribution in [0, 0.1) is 0 Å². The fourth-order valence-corrected chi connectivity index (χ4v) is 1.29. The second-order valence-corrected chi connectivity index (χ2v) is 3.47. The van der Waals surface area contributed by atoms with E-state index in [9.17, 15) is 4.79 Å². The summed E-state index contributed by atoms with van der Waals surface area (Å²) in [4.78, 5) is 23.6. The van der Waals surface area contributed by atoms with Crippen molar-refractivity contribution in [1.29, 1.82) is 0 Å². The maximum atomic E-state index is 11.8. The molecule has 0 fully saturated rings. The van der Waals surface area contributed by atoms with Gasteiger partial charge in [0.05, 0.1) is 31.4 Å². The molecule has 0 aromatic carbocycles. The fraction of sp³-hybridized carbons (Fsp3) is 0.0909. The van der Waals surface area contributed by atoms with E-state index in [0.29, 0.717) is 17.4 Å². The van der Waals surface area contributed by atoms with Crippen molar-refractivity contribution in [1.82, 2.24) is 15.0 Å². The van der Waals surface area contributed by atoms with E-state index < -0.39 is 0 Å². The summed E-state index contributed by atoms with van der Waals surface area (Å²) < 4.78 is 4.92. The van der Waals surface area contributed by atoms with E-state index in [2.05, 4.69) is 25.7 Å². The molecule has 98 valence electrons. The van der Waals surface area contributed by atoms with Gasteiger partial charge in [-0.1, -0.05) is 0 Å². The summed E-state index contributed by atoms with van der Waals surface area (Å²) in [6, 6.07) is 3.32. The lowest BCUT2D eigenvalue weighted by atomic mass is 10.3. The number of carbonyl (C=O) groups is 1. The third-order valence-electron chi connectivity index (χ3n) is 2.24. The Morgan fingerprint density at radius 2 is 2.05 bits per heavy atom. The molecule has 8 nitrogen and oxygen atoms in total. The van der Waals surface area contributed by atoms with Crippen LogP contribution in [0.15, 0.2) is 30.7 Å². The molecule has 0 spiro atoms. The number of pyridine rings is 1. The van der Waals surface area contributed by atoms with Crippen LogP contribution in [0.5, 0.6) is 5.88 Å². The predicted molar refractivity (Wildman–Crippen MR) is 68.6 cm³/mol. The average molecular weight is 260 g/mol. The van der Waals surface area contributed by atoms with Gasteiger partial charge in [-0.2, -0.15) is 0 Å². The van der Waals surface area contributed by atoms with Crippen molar-refractivity contribution in [3.05, 3.63) is 36.4 Å². The molecule has 2 aromatic heterocycles. The minimum absolute atomic E-state index is 0.176. The number of amides is 1. The summed E-state index contributed by atoms with van der Waals surface area (Å²) in [7, 11) is 1.52. The van der Waals surface area contributed by atoms with Crippen LogP contribution >= 0.6 is 0 Å². The summed E-state index contributed by atoms with van der Waals surface area (Å²) in [6.07, 6.45) is 4.17. The van der Waals surface area contributed by atoms with Gasteiger partial charge in [0.25, 0.3) is 5.91 Å². The smallest absolute Gasteiger partial charge is 0.275 e. The van der Waals surface area contributed by atoms with Gasteiger partial charge < -0.3 is 15.5 Å². The lowest BCUT2D eigenvalue weighted by Gasteiger charge is -2.05. The number of carbonyl (C=O) groups excluding carboxylic acids is 1. The van der Waals surface area contributed by atoms with Gasteiger partial charge in [0.2, 0.25) is 5.88 Å². The molecular weight excluding hydrogens is 248 g/mol. The molecule has 0 saturated heterocycles. The van der Waals surface area contributed by atoms with Crippen LogP contribution in [0.25, 0.3) is 0 Å². The monoisotopic (exact) mass is 260 g/mol. The highest BCUT2D eigenvalue weighted by molar-refractivity contribution is 6.02. The first-order chi connectivity index (χ1) is 9.22. The molecule has 2 aromatic rings. The Bertz CT molecular complexity index is 554. The van der Waals surface area contributed by atoms with Gasteiger partial charge in [-0.25, -0.2) is 20.8 Å². The quantitative estimate of drug-likeness (QED) is 0.539. The maximum absolute atomic E-state index is 11.8. The fourth-order valence-electron chi connectivity index (χ4n) is 1.29. The number of anilines is 2. The highest BCUT2D eigenvalue weighted by Gasteiger charge is 2.08. The molecule has 4 N–H and O–H groups in total. The van der Waals surface area contributed by atoms with Crippen LogP contribution in [-0.4, -0.2) is 28.0 Å². The molecular formula is C11H12N6O2. The Morgan fingerprint density at radius 1 is 1.21 bits per heavy atom. The molecule has 8 heteroatoms. The number of hydrogen-bond donors (Lipinski definition) is 3. The van der Waals surface area contributed by atoms with Gasteiger partial charge in [-0.15, -0.1) is 0 Å². The lowest BCUT2D eigenvalue weighted by molar-refractivity contribution is 0.102. The number of hydrogen-bond acceptors (Lipinski definition) is 7. The average Bonchev–Trinajstić information content (AvgIpc) is 2.48. The van der Waals surface area contributed by atoms with Gasteiger partial charge in [0.15, 0.2) is 5.82 Å². The summed E-state index contributed by atoms with van der Waals surface area (Å²) in [6.45, 7) is 0. The van der Waals surface area contributed by atoms with E-state index >= 15 is 0 Å². The van der Waals surface area contributed by atoms with Crippen molar-refractivity contribution in [2.45, 2.75) is 0 Å². The van der Waals surface area contributed by atoms with E-state index in [4.69, 9.17) is 10.6 Å². The largest absolute Gasteiger partial charge is 0.481 e. The first-order valence-corrected chi connectivity index (χ1v) is 5.33. The van der Waals surface area contributed by atoms with E-state index in [0.717, 1.165) is 0 Å². The minimum Gasteiger partial charge on any atom is -0.481 e. The molecule has 2 heterocycles. The molecule has 0 saturated carbocycles. The Kier molecular flexibility index (Phi) is 3.84. The van der Waals surface area contributed by atoms with Crippen molar-refractivity contribution < 1.29 is 9.53 Å². The second-order valence-electron chi connectivity index (χ2n) is 3.47. The summed E-state index contributed by atoms with van der Waals surface area (Å²) in [5, 5.41) is 2.64. The van der Waals surface area contributed by atoms with Gasteiger partial charge in [-0.3, -0.25) is 4.79 Å². The van der Waals surface area contributed by atoms with E-state index in [1.807, 2.05) is 0 Å². The highest BCUT2D eigenvalue weighted by atomic mass is 16.5. The third-order valence-corrected chi connectivity index (χ3v) is 2.24. The van der Waals surface area contributed by atoms with E-state index in [1.165, 1.54) is 25.7 Å². The summed E-state index contributed by atoms with van der Waals surface area (Å²) in [5.74, 6) is 5.61. The van der Waals surface area contributed by atoms with Gasteiger partial charge >= 0.3 is 0 Å². The van der Waals surface area contributed by atoms with Crippen LogP contribution in [-0.2, 0) is 0 Å². The van der Waals surface area contributed by atoms with E-state index in [-0.39, 0.29) is 11.6 Å². The Labute approximate surface area is 109 Å². The maximum Gasteiger partial charge on any atom is 0.275 e. The van der Waals surface area contributed by atoms with Crippen LogP contribution < -0.4 is 21.3 Å². The van der Waals surface area contributed by atoms with E-state index in [1.54, 1.807) is 12.1 Å². The van der Waals surface area contributed by atoms with Crippen LogP contribution in [0.1, 0.15) is 10.5 Å². The molecule has 0 unspecified atom stereocenters. The standard InChI is InChI=1S/C11H12N6O2/c1-19-10-3-2-7(4-15-10)16-11(18)8-5-14-9(17-12)6-13-8/h2-6H,12H2,1H3,(H,14,17)(H,16,18). The second kappa shape index (κ2) is 5.74. The Balaban J connectivity index is 2.06. The van der Waals surface area contributed by atoms with Crippen LogP contribution in [0.3, 0.4) is 0 Å². The molecule has 1 amide bonds. The normalized spacial score (nSPS) is 9.79. The zero-order chi connectivity index (χ0) is 13.7. The van der Waals surface area contributed by atoms with Crippen LogP contribution in [0.4, 0.5) is 11.5 Å². The van der Waals surface area contributed by atoms with Crippen molar-refractivity contribution in [2.24, 2.45) is 5.84 Å². The number of methoxy groups -OCH3 is 1. The lowest BCUT2D eigenvalue weighted by Crippen LogP contribution is -2.15. The number of nitrogens with zero attached hydrogens (tertiary/aromatic N) is 3. The number of nitrogens with one attached hydrogen (secondary N) is 2. The molecule has 0 aliphatic rings. The molecule has 2 rings (SSSR count). The zero-order valence-corrected chi connectivity index (χ0v) is 10.1. The van der Waals surface area contributed by atoms with Crippen LogP contribution in [0.2, 0.25) is 0 Å². The molecule has 0 radical (unpaired) electrons. The minimum atomic E-state index is -0.386. The predicted octanol–water partition coefficient (Wildman–Crippen LogP) is 0.418. The number of ether oxygens (including phenoxy) is 1. The van der Waals surface area contributed by atoms with Gasteiger partial charge in [0, 0.05) is 6.07 Å². The topological polar surface area (TPSA) is 115 Å². The summed E-state index contributed by atoms with van der Waals surface area (Å²) >= 11 is 0. The van der Waals surface area contributed by atoms with Crippen molar-refractivity contribution >= 4 is 17.4 Å². The Hall–Kier alpha value is -2.74. The molecule has 19 heavy (non-hydrogen) atoms. The first-order valence-electron chi connectivity index (χ1n) is 5.33. The number of rotatable bonds is 4. The molecule has 0 aliphatic heterocycles. The zero-order valence-electron chi connectivity index (χ0n) is 10.1. The number of nitrogen functional groups attached to an aromatic ring is 1. The SMILES string of the molecule is COc1ccc(NC(=O)c2cnc(NN)cn2)cn1. The van der Waals surface area contributed by atoms with Crippen molar-refractivity contribution in [3.63, 3.8) is 0 Å². The number of nitrogens with two attached hydrogens (primary N) is 1. The van der Waals surface area contributed by atoms with Gasteiger partial charge in [0.1, 0.15) is 5.69 Å². The van der Waals surface area contributed by atoms with Crippen molar-refractivity contribution in [2.75, 3.05) is 17.9 Å². The first kappa shape index (κ1) is 12.7. The van der Waals surface area contributed by atoms with Gasteiger partial charge in [-0.05, 0) is 6.07 Å². The number of hydrazine groups is 1. The van der Waals surface area contributed by atoms with Crippen molar-refractivity contribution in [3.8, 4) is 5.88 Å². The molecule has 0 atom stereocenters. The third kappa shape index (κ3) is 3.13. The Morgan fingerprint density at radius 3 is 2.58 bits per heavy atom. The highest BCUT2D eigenvalue weighted by Crippen LogP contribution is 2.11. The summed E-state index contributed by atoms with van der Waals surface area (Å²) in [5.41, 5.74) is 3.04.